The molecule has 3 rings (SSSR count). The summed E-state index contributed by atoms with van der Waals surface area (Å²) in [5, 5.41) is 18.5. The lowest BCUT2D eigenvalue weighted by Crippen LogP contribution is -2.29. The molecule has 0 aromatic carbocycles. The van der Waals surface area contributed by atoms with E-state index in [1.54, 1.807) is 0 Å². The number of hydrogen-bond acceptors (Lipinski definition) is 4. The monoisotopic (exact) mass is 427 g/mol. The highest BCUT2D eigenvalue weighted by Gasteiger charge is 2.23. The second-order valence-corrected chi connectivity index (χ2v) is 9.80. The number of ether oxygens (including phenoxy) is 1. The molecule has 0 saturated heterocycles. The van der Waals surface area contributed by atoms with E-state index in [4.69, 9.17) is 15.6 Å². The highest BCUT2D eigenvalue weighted by Crippen LogP contribution is 2.27. The molecule has 0 aromatic rings. The third-order valence-corrected chi connectivity index (χ3v) is 6.94. The molecule has 3 saturated carbocycles. The van der Waals surface area contributed by atoms with Crippen LogP contribution in [0.5, 0.6) is 0 Å². The van der Waals surface area contributed by atoms with E-state index in [-0.39, 0.29) is 12.2 Å². The van der Waals surface area contributed by atoms with Gasteiger partial charge in [0.25, 0.3) is 0 Å². The highest BCUT2D eigenvalue weighted by atomic mass is 16.5. The lowest BCUT2D eigenvalue weighted by atomic mass is 9.88. The van der Waals surface area contributed by atoms with E-state index in [9.17, 15) is 5.11 Å². The topological polar surface area (TPSA) is 75.7 Å². The van der Waals surface area contributed by atoms with Crippen LogP contribution in [0.3, 0.4) is 0 Å². The van der Waals surface area contributed by atoms with Crippen LogP contribution in [0.1, 0.15) is 129 Å². The van der Waals surface area contributed by atoms with Crippen molar-refractivity contribution >= 4 is 0 Å². The molecule has 0 radical (unpaired) electrons. The predicted octanol–water partition coefficient (Wildman–Crippen LogP) is 6.11. The van der Waals surface area contributed by atoms with Gasteiger partial charge in [0.05, 0.1) is 24.4 Å². The summed E-state index contributed by atoms with van der Waals surface area (Å²) in [7, 11) is 0. The fraction of sp³-hybridized carbons (Fsp3) is 1.00. The molecule has 4 heteroatoms. The van der Waals surface area contributed by atoms with Crippen LogP contribution >= 0.6 is 0 Å². The molecule has 3 fully saturated rings. The Hall–Kier alpha value is -0.160. The molecule has 180 valence electrons. The molecule has 30 heavy (non-hydrogen) atoms. The van der Waals surface area contributed by atoms with Crippen molar-refractivity contribution in [1.29, 1.82) is 0 Å². The zero-order valence-electron chi connectivity index (χ0n) is 20.2. The van der Waals surface area contributed by atoms with Gasteiger partial charge in [-0.2, -0.15) is 0 Å². The molecule has 3 aliphatic rings. The van der Waals surface area contributed by atoms with Crippen molar-refractivity contribution in [2.24, 2.45) is 11.7 Å². The molecular formula is C26H53NO3. The first-order chi connectivity index (χ1) is 14.6. The predicted molar refractivity (Wildman–Crippen MR) is 128 cm³/mol. The minimum Gasteiger partial charge on any atom is -0.393 e. The van der Waals surface area contributed by atoms with Gasteiger partial charge in [0.15, 0.2) is 0 Å². The third-order valence-electron chi connectivity index (χ3n) is 6.94. The van der Waals surface area contributed by atoms with Gasteiger partial charge >= 0.3 is 0 Å². The second kappa shape index (κ2) is 18.4. The minimum absolute atomic E-state index is 0.0344. The molecule has 0 bridgehead atoms. The average molecular weight is 428 g/mol. The fourth-order valence-corrected chi connectivity index (χ4v) is 4.71. The van der Waals surface area contributed by atoms with Crippen LogP contribution in [-0.2, 0) is 4.74 Å². The summed E-state index contributed by atoms with van der Waals surface area (Å²) < 4.78 is 6.07. The molecule has 0 atom stereocenters. The van der Waals surface area contributed by atoms with E-state index in [2.05, 4.69) is 13.8 Å². The first-order valence-corrected chi connectivity index (χ1v) is 13.3. The summed E-state index contributed by atoms with van der Waals surface area (Å²) in [6.07, 6.45) is 22.7. The maximum Gasteiger partial charge on any atom is 0.0580 e. The van der Waals surface area contributed by atoms with Gasteiger partial charge in [-0.25, -0.2) is 0 Å². The van der Waals surface area contributed by atoms with E-state index >= 15 is 0 Å². The third kappa shape index (κ3) is 14.0. The van der Waals surface area contributed by atoms with Crippen molar-refractivity contribution in [3.63, 3.8) is 0 Å². The first kappa shape index (κ1) is 27.9. The van der Waals surface area contributed by atoms with Gasteiger partial charge in [0.1, 0.15) is 0 Å². The van der Waals surface area contributed by atoms with E-state index < -0.39 is 0 Å². The van der Waals surface area contributed by atoms with Crippen LogP contribution in [-0.4, -0.2) is 41.2 Å². The van der Waals surface area contributed by atoms with Crippen LogP contribution in [0.2, 0.25) is 0 Å². The Balaban J connectivity index is 0.000000244. The largest absolute Gasteiger partial charge is 0.393 e. The summed E-state index contributed by atoms with van der Waals surface area (Å²) in [4.78, 5) is 0. The summed E-state index contributed by atoms with van der Waals surface area (Å²) in [6, 6.07) is 0. The molecular weight excluding hydrogens is 374 g/mol. The van der Waals surface area contributed by atoms with Gasteiger partial charge in [-0.05, 0) is 76.7 Å². The van der Waals surface area contributed by atoms with Gasteiger partial charge in [0, 0.05) is 0 Å². The Morgan fingerprint density at radius 1 is 0.633 bits per heavy atom. The summed E-state index contributed by atoms with van der Waals surface area (Å²) in [6.45, 7) is 5.29. The van der Waals surface area contributed by atoms with Crippen molar-refractivity contribution in [3.8, 4) is 0 Å². The fourth-order valence-electron chi connectivity index (χ4n) is 4.71. The summed E-state index contributed by atoms with van der Waals surface area (Å²) >= 11 is 0. The maximum atomic E-state index is 9.38. The average Bonchev–Trinajstić information content (AvgIpc) is 2.78. The van der Waals surface area contributed by atoms with Crippen molar-refractivity contribution in [1.82, 2.24) is 0 Å². The Kier molecular flexibility index (Phi) is 17.1. The number of hydrogen-bond donors (Lipinski definition) is 3. The van der Waals surface area contributed by atoms with Gasteiger partial charge in [-0.1, -0.05) is 65.2 Å². The molecule has 4 N–H and O–H groups in total. The van der Waals surface area contributed by atoms with Crippen LogP contribution in [0.25, 0.3) is 0 Å². The molecule has 0 spiro atoms. The molecule has 0 heterocycles. The van der Waals surface area contributed by atoms with E-state index in [0.717, 1.165) is 57.9 Å². The summed E-state index contributed by atoms with van der Waals surface area (Å²) in [5.74, 6) is 0.688. The minimum atomic E-state index is -0.0544. The normalized spacial score (nSPS) is 29.9. The second-order valence-electron chi connectivity index (χ2n) is 9.80. The molecule has 0 amide bonds. The zero-order chi connectivity index (χ0) is 22.0. The number of unbranched alkanes of at least 4 members (excludes halogenated alkanes) is 4. The van der Waals surface area contributed by atoms with Crippen LogP contribution in [0.4, 0.5) is 0 Å². The van der Waals surface area contributed by atoms with E-state index in [1.165, 1.54) is 64.2 Å². The van der Waals surface area contributed by atoms with Crippen molar-refractivity contribution in [2.75, 3.05) is 6.54 Å². The molecule has 0 aromatic heterocycles. The summed E-state index contributed by atoms with van der Waals surface area (Å²) in [5.41, 5.74) is 5.47. The van der Waals surface area contributed by atoms with Gasteiger partial charge in [0.2, 0.25) is 0 Å². The smallest absolute Gasteiger partial charge is 0.0580 e. The van der Waals surface area contributed by atoms with Crippen LogP contribution in [0, 0.1) is 5.92 Å². The van der Waals surface area contributed by atoms with Gasteiger partial charge in [-0.15, -0.1) is 0 Å². The lowest BCUT2D eigenvalue weighted by molar-refractivity contribution is -0.0601. The number of aliphatic hydroxyl groups excluding tert-OH is 2. The number of nitrogens with two attached hydrogens (primary N) is 1. The first-order valence-electron chi connectivity index (χ1n) is 13.3. The standard InChI is InChI=1S/C12H22O2.C7H15NO.C7H16/c13-10-6-8-12(9-7-10)14-11-4-2-1-3-5-11;8-5-6-1-3-7(9)4-2-6;1-3-5-7-6-4-2/h10-13H,1-9H2;6-7,9H,1-5,8H2;3-7H2,1-2H3. The van der Waals surface area contributed by atoms with Crippen molar-refractivity contribution in [3.05, 3.63) is 0 Å². The van der Waals surface area contributed by atoms with Crippen LogP contribution in [0.15, 0.2) is 0 Å². The van der Waals surface area contributed by atoms with Crippen molar-refractivity contribution in [2.45, 2.75) is 154 Å². The Morgan fingerprint density at radius 2 is 1.10 bits per heavy atom. The Bertz CT molecular complexity index is 353. The van der Waals surface area contributed by atoms with Crippen molar-refractivity contribution < 1.29 is 14.9 Å². The Morgan fingerprint density at radius 3 is 1.57 bits per heavy atom. The highest BCUT2D eigenvalue weighted by molar-refractivity contribution is 4.75. The van der Waals surface area contributed by atoms with Gasteiger partial charge < -0.3 is 20.7 Å². The van der Waals surface area contributed by atoms with Crippen LogP contribution < -0.4 is 5.73 Å². The molecule has 3 aliphatic carbocycles. The zero-order valence-corrected chi connectivity index (χ0v) is 20.2. The van der Waals surface area contributed by atoms with E-state index in [0.29, 0.717) is 18.1 Å². The molecule has 0 aliphatic heterocycles. The van der Waals surface area contributed by atoms with Gasteiger partial charge in [-0.3, -0.25) is 0 Å². The number of aliphatic hydroxyl groups is 2. The maximum absolute atomic E-state index is 9.38. The Labute approximate surface area is 187 Å². The SMILES string of the molecule is CCCCCCC.NCC1CCC(O)CC1.OC1CCC(OC2CCCCC2)CC1. The molecule has 0 unspecified atom stereocenters. The van der Waals surface area contributed by atoms with E-state index in [1.807, 2.05) is 0 Å². The lowest BCUT2D eigenvalue weighted by Gasteiger charge is -2.31. The quantitative estimate of drug-likeness (QED) is 0.428. The molecule has 4 nitrogen and oxygen atoms in total. The number of rotatable bonds is 7.